The molecule has 1 aliphatic rings. The van der Waals surface area contributed by atoms with Crippen LogP contribution in [0.3, 0.4) is 0 Å². The molecular formula is C10H11N3O3S. The first-order chi connectivity index (χ1) is 8.05. The Morgan fingerprint density at radius 1 is 1.29 bits per heavy atom. The summed E-state index contributed by atoms with van der Waals surface area (Å²) in [4.78, 5) is 3.67. The van der Waals surface area contributed by atoms with Crippen molar-refractivity contribution in [2.24, 2.45) is 10.1 Å². The van der Waals surface area contributed by atoms with Gasteiger partial charge in [-0.15, -0.1) is 0 Å². The predicted molar refractivity (Wildman–Crippen MR) is 64.5 cm³/mol. The fourth-order valence-corrected chi connectivity index (χ4v) is 1.79. The first-order valence-corrected chi connectivity index (χ1v) is 6.41. The standard InChI is InChI=1S/C10H11N3O3S/c14-17(15,16)10-11-7-9(12-13-10)6-8-4-2-1-3-5-8/h1-5,7,10,13H,6H2,(H,14,15,16). The van der Waals surface area contributed by atoms with Crippen molar-refractivity contribution >= 4 is 22.0 Å². The molecule has 1 aliphatic heterocycles. The van der Waals surface area contributed by atoms with Gasteiger partial charge in [0.2, 0.25) is 0 Å². The van der Waals surface area contributed by atoms with E-state index in [1.807, 2.05) is 30.3 Å². The van der Waals surface area contributed by atoms with E-state index in [-0.39, 0.29) is 0 Å². The molecule has 1 heterocycles. The van der Waals surface area contributed by atoms with E-state index in [4.69, 9.17) is 4.55 Å². The lowest BCUT2D eigenvalue weighted by molar-refractivity contribution is 0.454. The molecule has 0 aliphatic carbocycles. The smallest absolute Gasteiger partial charge is 0.282 e. The van der Waals surface area contributed by atoms with Gasteiger partial charge >= 0.3 is 10.1 Å². The maximum atomic E-state index is 10.8. The molecule has 1 aromatic carbocycles. The maximum absolute atomic E-state index is 10.8. The van der Waals surface area contributed by atoms with E-state index >= 15 is 0 Å². The third-order valence-corrected chi connectivity index (χ3v) is 2.98. The van der Waals surface area contributed by atoms with E-state index in [1.165, 1.54) is 6.21 Å². The third kappa shape index (κ3) is 3.11. The first kappa shape index (κ1) is 11.7. The molecule has 6 nitrogen and oxygen atoms in total. The highest BCUT2D eigenvalue weighted by Crippen LogP contribution is 2.04. The van der Waals surface area contributed by atoms with Crippen LogP contribution in [0, 0.1) is 0 Å². The first-order valence-electron chi connectivity index (χ1n) is 4.91. The lowest BCUT2D eigenvalue weighted by Gasteiger charge is -2.14. The van der Waals surface area contributed by atoms with E-state index in [9.17, 15) is 8.42 Å². The Labute approximate surface area is 98.8 Å². The fourth-order valence-electron chi connectivity index (χ4n) is 1.39. The zero-order chi connectivity index (χ0) is 12.3. The van der Waals surface area contributed by atoms with Crippen LogP contribution < -0.4 is 5.43 Å². The van der Waals surface area contributed by atoms with Crippen LogP contribution in [0.25, 0.3) is 0 Å². The monoisotopic (exact) mass is 253 g/mol. The average Bonchev–Trinajstić information content (AvgIpc) is 2.30. The third-order valence-electron chi connectivity index (χ3n) is 2.19. The van der Waals surface area contributed by atoms with Gasteiger partial charge in [0.25, 0.3) is 5.50 Å². The minimum Gasteiger partial charge on any atom is -0.282 e. The minimum atomic E-state index is -4.24. The van der Waals surface area contributed by atoms with E-state index in [0.29, 0.717) is 12.1 Å². The van der Waals surface area contributed by atoms with Gasteiger partial charge in [-0.1, -0.05) is 30.3 Å². The lowest BCUT2D eigenvalue weighted by Crippen LogP contribution is -2.35. The van der Waals surface area contributed by atoms with Crippen LogP contribution in [-0.2, 0) is 16.5 Å². The largest absolute Gasteiger partial charge is 0.309 e. The zero-order valence-electron chi connectivity index (χ0n) is 8.81. The van der Waals surface area contributed by atoms with Crippen LogP contribution >= 0.6 is 0 Å². The molecule has 0 bridgehead atoms. The molecule has 17 heavy (non-hydrogen) atoms. The summed E-state index contributed by atoms with van der Waals surface area (Å²) >= 11 is 0. The Morgan fingerprint density at radius 2 is 2.00 bits per heavy atom. The van der Waals surface area contributed by atoms with Crippen molar-refractivity contribution in [3.63, 3.8) is 0 Å². The van der Waals surface area contributed by atoms with Crippen molar-refractivity contribution in [3.8, 4) is 0 Å². The van der Waals surface area contributed by atoms with Crippen LogP contribution in [0.1, 0.15) is 5.56 Å². The molecule has 2 N–H and O–H groups in total. The van der Waals surface area contributed by atoms with Gasteiger partial charge in [-0.25, -0.2) is 4.99 Å². The van der Waals surface area contributed by atoms with Gasteiger partial charge in [0.05, 0.1) is 5.71 Å². The Bertz CT molecular complexity index is 551. The summed E-state index contributed by atoms with van der Waals surface area (Å²) < 4.78 is 30.3. The molecule has 0 spiro atoms. The molecule has 1 aromatic rings. The van der Waals surface area contributed by atoms with Gasteiger partial charge in [-0.05, 0) is 5.56 Å². The highest BCUT2D eigenvalue weighted by atomic mass is 32.2. The number of nitrogens with zero attached hydrogens (tertiary/aromatic N) is 2. The van der Waals surface area contributed by atoms with Gasteiger partial charge in [0, 0.05) is 12.6 Å². The topological polar surface area (TPSA) is 91.1 Å². The number of hydrogen-bond donors (Lipinski definition) is 2. The van der Waals surface area contributed by atoms with Gasteiger partial charge in [0.15, 0.2) is 0 Å². The van der Waals surface area contributed by atoms with Gasteiger partial charge in [-0.2, -0.15) is 13.5 Å². The fraction of sp³-hybridized carbons (Fsp3) is 0.200. The molecule has 0 radical (unpaired) electrons. The zero-order valence-corrected chi connectivity index (χ0v) is 9.63. The summed E-state index contributed by atoms with van der Waals surface area (Å²) in [5.41, 5.74) is 2.53. The molecule has 1 unspecified atom stereocenters. The number of benzene rings is 1. The molecule has 0 saturated carbocycles. The Balaban J connectivity index is 2.04. The molecule has 2 rings (SSSR count). The summed E-state index contributed by atoms with van der Waals surface area (Å²) in [7, 11) is -4.24. The van der Waals surface area contributed by atoms with Gasteiger partial charge < -0.3 is 0 Å². The van der Waals surface area contributed by atoms with Crippen molar-refractivity contribution < 1.29 is 13.0 Å². The van der Waals surface area contributed by atoms with Crippen LogP contribution in [0.2, 0.25) is 0 Å². The van der Waals surface area contributed by atoms with Crippen molar-refractivity contribution in [1.82, 2.24) is 5.43 Å². The Hall–Kier alpha value is -1.73. The summed E-state index contributed by atoms with van der Waals surface area (Å²) in [6, 6.07) is 9.60. The van der Waals surface area contributed by atoms with E-state index in [1.54, 1.807) is 0 Å². The van der Waals surface area contributed by atoms with Crippen molar-refractivity contribution in [3.05, 3.63) is 35.9 Å². The summed E-state index contributed by atoms with van der Waals surface area (Å²) in [6.45, 7) is 0. The number of aliphatic imine (C=N–C) groups is 1. The molecule has 7 heteroatoms. The summed E-state index contributed by atoms with van der Waals surface area (Å²) in [6.07, 6.45) is 1.90. The Morgan fingerprint density at radius 3 is 2.53 bits per heavy atom. The second-order valence-electron chi connectivity index (χ2n) is 3.54. The second kappa shape index (κ2) is 4.64. The molecule has 0 saturated heterocycles. The highest BCUT2D eigenvalue weighted by molar-refractivity contribution is 7.86. The number of hydrogen-bond acceptors (Lipinski definition) is 5. The average molecular weight is 253 g/mol. The SMILES string of the molecule is O=S(=O)(O)C1N=CC(Cc2ccccc2)=NN1. The van der Waals surface area contributed by atoms with Crippen LogP contribution in [0.4, 0.5) is 0 Å². The Kier molecular flexibility index (Phi) is 3.21. The maximum Gasteiger partial charge on any atom is 0.309 e. The normalized spacial score (nSPS) is 19.6. The quantitative estimate of drug-likeness (QED) is 0.764. The lowest BCUT2D eigenvalue weighted by atomic mass is 10.1. The van der Waals surface area contributed by atoms with Crippen LogP contribution in [0.5, 0.6) is 0 Å². The van der Waals surface area contributed by atoms with E-state index < -0.39 is 15.6 Å². The van der Waals surface area contributed by atoms with Gasteiger partial charge in [0.1, 0.15) is 0 Å². The molecule has 0 aromatic heterocycles. The highest BCUT2D eigenvalue weighted by Gasteiger charge is 2.22. The number of hydrazone groups is 1. The van der Waals surface area contributed by atoms with E-state index in [0.717, 1.165) is 5.56 Å². The summed E-state index contributed by atoms with van der Waals surface area (Å²) in [5, 5.41) is 3.85. The minimum absolute atomic E-state index is 0.551. The molecule has 0 fully saturated rings. The summed E-state index contributed by atoms with van der Waals surface area (Å²) in [5.74, 6) is 0. The van der Waals surface area contributed by atoms with Crippen molar-refractivity contribution in [2.75, 3.05) is 0 Å². The van der Waals surface area contributed by atoms with Gasteiger partial charge in [-0.3, -0.25) is 9.98 Å². The number of nitrogens with one attached hydrogen (secondary N) is 1. The van der Waals surface area contributed by atoms with Crippen LogP contribution in [0.15, 0.2) is 40.4 Å². The van der Waals surface area contributed by atoms with Crippen molar-refractivity contribution in [2.45, 2.75) is 11.9 Å². The number of rotatable bonds is 3. The van der Waals surface area contributed by atoms with Crippen molar-refractivity contribution in [1.29, 1.82) is 0 Å². The molecule has 90 valence electrons. The molecular weight excluding hydrogens is 242 g/mol. The predicted octanol–water partition coefficient (Wildman–Crippen LogP) is 0.431. The molecule has 0 amide bonds. The molecule has 1 atom stereocenters. The second-order valence-corrected chi connectivity index (χ2v) is 5.02. The van der Waals surface area contributed by atoms with E-state index in [2.05, 4.69) is 15.5 Å². The van der Waals surface area contributed by atoms with Crippen LogP contribution in [-0.4, -0.2) is 30.4 Å².